The lowest BCUT2D eigenvalue weighted by molar-refractivity contribution is -0.121. The Morgan fingerprint density at radius 3 is 2.39 bits per heavy atom. The summed E-state index contributed by atoms with van der Waals surface area (Å²) in [6.07, 6.45) is -0.761. The molecule has 12 heteroatoms. The first-order valence-corrected chi connectivity index (χ1v) is 12.9. The van der Waals surface area contributed by atoms with Crippen molar-refractivity contribution < 1.29 is 30.4 Å². The molecule has 192 valence electrons. The average Bonchev–Trinajstić information content (AvgIpc) is 3.23. The second-order valence-electron chi connectivity index (χ2n) is 9.58. The van der Waals surface area contributed by atoms with Crippen LogP contribution in [-0.4, -0.2) is 34.9 Å². The summed E-state index contributed by atoms with van der Waals surface area (Å²) >= 11 is 0. The fraction of sp³-hybridized carbons (Fsp3) is 0.417. The first-order valence-electron chi connectivity index (χ1n) is 11.4. The number of hydrogen-bond acceptors (Lipinski definition) is 6. The summed E-state index contributed by atoms with van der Waals surface area (Å²) in [7, 11) is -3.88. The Morgan fingerprint density at radius 1 is 1.08 bits per heavy atom. The lowest BCUT2D eigenvalue weighted by Crippen LogP contribution is -2.51. The van der Waals surface area contributed by atoms with E-state index in [1.54, 1.807) is 37.3 Å². The number of sulfonamides is 1. The fourth-order valence-corrected chi connectivity index (χ4v) is 7.50. The Kier molecular flexibility index (Phi) is 5.86. The van der Waals surface area contributed by atoms with E-state index in [1.165, 1.54) is 4.31 Å². The van der Waals surface area contributed by atoms with Crippen LogP contribution in [0.1, 0.15) is 60.4 Å². The van der Waals surface area contributed by atoms with Gasteiger partial charge in [0.2, 0.25) is 15.9 Å². The van der Waals surface area contributed by atoms with Crippen LogP contribution in [0.4, 0.5) is 23.6 Å². The van der Waals surface area contributed by atoms with Gasteiger partial charge in [0.1, 0.15) is 16.9 Å². The Hall–Kier alpha value is -2.99. The molecule has 0 bridgehead atoms. The number of nitrogens with zero attached hydrogens (tertiary/aromatic N) is 3. The van der Waals surface area contributed by atoms with Gasteiger partial charge in [0.15, 0.2) is 0 Å². The van der Waals surface area contributed by atoms with Gasteiger partial charge in [-0.2, -0.15) is 4.31 Å². The summed E-state index contributed by atoms with van der Waals surface area (Å²) in [5.74, 6) is -5.35. The highest BCUT2D eigenvalue weighted by Crippen LogP contribution is 2.57. The fourth-order valence-electron chi connectivity index (χ4n) is 5.31. The quantitative estimate of drug-likeness (QED) is 0.486. The van der Waals surface area contributed by atoms with Crippen LogP contribution in [0.25, 0.3) is 0 Å². The summed E-state index contributed by atoms with van der Waals surface area (Å²) in [6.45, 7) is 1.32. The molecule has 2 N–H and O–H groups in total. The molecule has 2 aliphatic rings. The highest BCUT2D eigenvalue weighted by Gasteiger charge is 2.62. The maximum atomic E-state index is 15.4. The molecule has 1 aromatic heterocycles. The SMILES string of the molecule is C[C@H]1CC[C@H](c2ccccc2)S(=O)(=O)N1Cc1cc(F)c(C2(c3nnc(N)o3)CC(F)(F)C2)cc1F. The summed E-state index contributed by atoms with van der Waals surface area (Å²) < 4.78 is 91.8. The van der Waals surface area contributed by atoms with E-state index in [-0.39, 0.29) is 23.0 Å². The van der Waals surface area contributed by atoms with Crippen LogP contribution in [0, 0.1) is 11.6 Å². The zero-order valence-electron chi connectivity index (χ0n) is 19.3. The van der Waals surface area contributed by atoms with Gasteiger partial charge in [-0.3, -0.25) is 0 Å². The zero-order chi connectivity index (χ0) is 25.9. The average molecular weight is 525 g/mol. The monoisotopic (exact) mass is 524 g/mol. The molecule has 2 atom stereocenters. The van der Waals surface area contributed by atoms with E-state index in [0.717, 1.165) is 12.1 Å². The molecule has 0 amide bonds. The van der Waals surface area contributed by atoms with Gasteiger partial charge in [-0.25, -0.2) is 26.0 Å². The first kappa shape index (κ1) is 24.7. The van der Waals surface area contributed by atoms with Gasteiger partial charge in [0.05, 0.1) is 5.41 Å². The van der Waals surface area contributed by atoms with E-state index >= 15 is 8.78 Å². The van der Waals surface area contributed by atoms with Crippen molar-refractivity contribution in [2.75, 3.05) is 5.73 Å². The standard InChI is InChI=1S/C24H24F4N4O3S/c1-14-7-8-20(15-5-3-2-4-6-15)36(33,34)32(14)11-16-9-19(26)17(10-18(16)25)23(12-24(27,28)13-23)21-30-31-22(29)35-21/h2-6,9-10,14,20H,7-8,11-13H2,1H3,(H2,29,31)/t14-,20+/m0/s1. The molecule has 1 saturated carbocycles. The second-order valence-corrected chi connectivity index (χ2v) is 11.6. The maximum absolute atomic E-state index is 15.4. The van der Waals surface area contributed by atoms with E-state index in [9.17, 15) is 17.2 Å². The number of alkyl halides is 2. The van der Waals surface area contributed by atoms with Gasteiger partial charge in [-0.1, -0.05) is 35.4 Å². The highest BCUT2D eigenvalue weighted by molar-refractivity contribution is 7.89. The van der Waals surface area contributed by atoms with E-state index in [0.29, 0.717) is 18.4 Å². The van der Waals surface area contributed by atoms with Crippen LogP contribution in [0.2, 0.25) is 0 Å². The third-order valence-corrected chi connectivity index (χ3v) is 9.51. The molecule has 3 aromatic rings. The molecule has 1 aliphatic carbocycles. The number of rotatable bonds is 5. The Bertz CT molecular complexity index is 1390. The van der Waals surface area contributed by atoms with Crippen LogP contribution < -0.4 is 5.73 Å². The van der Waals surface area contributed by atoms with Crippen LogP contribution in [0.3, 0.4) is 0 Å². The first-order chi connectivity index (χ1) is 16.9. The van der Waals surface area contributed by atoms with Crippen molar-refractivity contribution in [3.8, 4) is 0 Å². The molecule has 2 heterocycles. The minimum absolute atomic E-state index is 0.202. The molecule has 7 nitrogen and oxygen atoms in total. The topological polar surface area (TPSA) is 102 Å². The minimum Gasteiger partial charge on any atom is -0.407 e. The van der Waals surface area contributed by atoms with Crippen LogP contribution >= 0.6 is 0 Å². The summed E-state index contributed by atoms with van der Waals surface area (Å²) in [5, 5.41) is 6.32. The minimum atomic E-state index is -3.88. The maximum Gasteiger partial charge on any atom is 0.312 e. The van der Waals surface area contributed by atoms with Gasteiger partial charge >= 0.3 is 6.01 Å². The van der Waals surface area contributed by atoms with Crippen molar-refractivity contribution in [1.82, 2.24) is 14.5 Å². The number of benzene rings is 2. The van der Waals surface area contributed by atoms with E-state index < -0.39 is 63.7 Å². The Labute approximate surface area is 205 Å². The predicted octanol–water partition coefficient (Wildman–Crippen LogP) is 4.70. The predicted molar refractivity (Wildman–Crippen MR) is 122 cm³/mol. The zero-order valence-corrected chi connectivity index (χ0v) is 20.1. The van der Waals surface area contributed by atoms with E-state index in [4.69, 9.17) is 10.2 Å². The number of anilines is 1. The third-order valence-electron chi connectivity index (χ3n) is 7.14. The lowest BCUT2D eigenvalue weighted by Gasteiger charge is -2.45. The van der Waals surface area contributed by atoms with Crippen LogP contribution in [-0.2, 0) is 22.0 Å². The highest BCUT2D eigenvalue weighted by atomic mass is 32.2. The van der Waals surface area contributed by atoms with Crippen LogP contribution in [0.15, 0.2) is 46.9 Å². The number of aromatic nitrogens is 2. The molecule has 0 spiro atoms. The molecule has 36 heavy (non-hydrogen) atoms. The molecular formula is C24H24F4N4O3S. The van der Waals surface area contributed by atoms with Crippen molar-refractivity contribution in [3.63, 3.8) is 0 Å². The van der Waals surface area contributed by atoms with E-state index in [2.05, 4.69) is 10.2 Å². The third kappa shape index (κ3) is 4.05. The van der Waals surface area contributed by atoms with Crippen molar-refractivity contribution in [1.29, 1.82) is 0 Å². The van der Waals surface area contributed by atoms with E-state index in [1.807, 2.05) is 0 Å². The van der Waals surface area contributed by atoms with Crippen molar-refractivity contribution in [2.24, 2.45) is 0 Å². The Morgan fingerprint density at radius 2 is 1.78 bits per heavy atom. The van der Waals surface area contributed by atoms with Crippen molar-refractivity contribution >= 4 is 16.0 Å². The smallest absolute Gasteiger partial charge is 0.312 e. The van der Waals surface area contributed by atoms with Gasteiger partial charge in [-0.15, -0.1) is 5.10 Å². The molecular weight excluding hydrogens is 500 g/mol. The molecule has 2 aromatic carbocycles. The second kappa shape index (κ2) is 8.55. The number of hydrogen-bond donors (Lipinski definition) is 1. The van der Waals surface area contributed by atoms with Crippen LogP contribution in [0.5, 0.6) is 0 Å². The van der Waals surface area contributed by atoms with Gasteiger partial charge in [0.25, 0.3) is 5.92 Å². The number of halogens is 4. The molecule has 1 aliphatic heterocycles. The van der Waals surface area contributed by atoms with Gasteiger partial charge < -0.3 is 10.2 Å². The lowest BCUT2D eigenvalue weighted by atomic mass is 9.61. The van der Waals surface area contributed by atoms with Crippen molar-refractivity contribution in [3.05, 3.63) is 76.7 Å². The summed E-state index contributed by atoms with van der Waals surface area (Å²) in [5.41, 5.74) is 3.75. The van der Waals surface area contributed by atoms with Crippen molar-refractivity contribution in [2.45, 2.75) is 61.8 Å². The summed E-state index contributed by atoms with van der Waals surface area (Å²) in [4.78, 5) is 0. The van der Waals surface area contributed by atoms with Gasteiger partial charge in [-0.05, 0) is 37.5 Å². The molecule has 1 saturated heterocycles. The van der Waals surface area contributed by atoms with Gasteiger partial charge in [0, 0.05) is 36.6 Å². The molecule has 0 unspecified atom stereocenters. The largest absolute Gasteiger partial charge is 0.407 e. The summed E-state index contributed by atoms with van der Waals surface area (Å²) in [6, 6.07) is 9.59. The number of nitrogens with two attached hydrogens (primary N) is 1. The molecule has 5 rings (SSSR count). The Balaban J connectivity index is 1.49. The number of nitrogen functional groups attached to an aromatic ring is 1. The normalized spacial score (nSPS) is 24.8. The molecule has 0 radical (unpaired) electrons. The molecule has 2 fully saturated rings.